The molecule has 2 heterocycles. The number of aliphatic hydroxyl groups excluding tert-OH is 1. The van der Waals surface area contributed by atoms with Crippen LogP contribution >= 0.6 is 0 Å². The van der Waals surface area contributed by atoms with Gasteiger partial charge in [-0.2, -0.15) is 0 Å². The van der Waals surface area contributed by atoms with E-state index in [1.807, 2.05) is 0 Å². The van der Waals surface area contributed by atoms with Gasteiger partial charge in [-0.25, -0.2) is 0 Å². The van der Waals surface area contributed by atoms with Crippen molar-refractivity contribution in [3.8, 4) is 0 Å². The summed E-state index contributed by atoms with van der Waals surface area (Å²) in [4.78, 5) is 5.94. The van der Waals surface area contributed by atoms with E-state index in [1.165, 1.54) is 22.2 Å². The smallest absolute Gasteiger partial charge is 0.0526 e. The van der Waals surface area contributed by atoms with Crippen LogP contribution in [0.4, 0.5) is 0 Å². The van der Waals surface area contributed by atoms with Crippen LogP contribution in [0.25, 0.3) is 10.9 Å². The Labute approximate surface area is 107 Å². The SMILES string of the molecule is CCN1CCc2c([nH]c3ccccc23)C(CO)C1. The predicted octanol–water partition coefficient (Wildman–Crippen LogP) is 2.12. The zero-order valence-corrected chi connectivity index (χ0v) is 10.8. The van der Waals surface area contributed by atoms with Crippen LogP contribution in [-0.4, -0.2) is 41.2 Å². The number of para-hydroxylation sites is 1. The second-order valence-corrected chi connectivity index (χ2v) is 5.09. The first-order chi connectivity index (χ1) is 8.83. The number of nitrogens with one attached hydrogen (secondary N) is 1. The van der Waals surface area contributed by atoms with Crippen LogP contribution in [0, 0.1) is 0 Å². The molecule has 0 spiro atoms. The van der Waals surface area contributed by atoms with Crippen LogP contribution in [0.5, 0.6) is 0 Å². The van der Waals surface area contributed by atoms with Gasteiger partial charge >= 0.3 is 0 Å². The molecule has 0 radical (unpaired) electrons. The van der Waals surface area contributed by atoms with Crippen LogP contribution in [0.3, 0.4) is 0 Å². The topological polar surface area (TPSA) is 39.3 Å². The Morgan fingerprint density at radius 1 is 1.39 bits per heavy atom. The molecule has 1 aromatic heterocycles. The molecule has 1 aliphatic rings. The Kier molecular flexibility index (Phi) is 3.10. The van der Waals surface area contributed by atoms with Crippen LogP contribution in [0.15, 0.2) is 24.3 Å². The molecule has 0 aliphatic carbocycles. The molecule has 0 amide bonds. The highest BCUT2D eigenvalue weighted by atomic mass is 16.3. The number of nitrogens with zero attached hydrogens (tertiary/aromatic N) is 1. The van der Waals surface area contributed by atoms with Gasteiger partial charge < -0.3 is 15.0 Å². The molecule has 1 unspecified atom stereocenters. The molecule has 1 aliphatic heterocycles. The molecule has 3 nitrogen and oxygen atoms in total. The first-order valence-corrected chi connectivity index (χ1v) is 6.76. The Hall–Kier alpha value is -1.32. The van der Waals surface area contributed by atoms with Crippen LogP contribution < -0.4 is 0 Å². The number of aromatic nitrogens is 1. The number of likely N-dealkylation sites (N-methyl/N-ethyl adjacent to an activating group) is 1. The molecular formula is C15H20N2O. The zero-order valence-electron chi connectivity index (χ0n) is 10.8. The first-order valence-electron chi connectivity index (χ1n) is 6.76. The molecule has 1 atom stereocenters. The average Bonchev–Trinajstić information content (AvgIpc) is 2.68. The van der Waals surface area contributed by atoms with E-state index in [9.17, 15) is 5.11 Å². The number of H-pyrrole nitrogens is 1. The monoisotopic (exact) mass is 244 g/mol. The number of rotatable bonds is 2. The average molecular weight is 244 g/mol. The molecule has 18 heavy (non-hydrogen) atoms. The van der Waals surface area contributed by atoms with Gasteiger partial charge in [-0.1, -0.05) is 25.1 Å². The molecule has 2 N–H and O–H groups in total. The molecule has 0 saturated heterocycles. The summed E-state index contributed by atoms with van der Waals surface area (Å²) in [6.45, 7) is 5.50. The predicted molar refractivity (Wildman–Crippen MR) is 73.9 cm³/mol. The van der Waals surface area contributed by atoms with Gasteiger partial charge in [0.25, 0.3) is 0 Å². The maximum Gasteiger partial charge on any atom is 0.0526 e. The second-order valence-electron chi connectivity index (χ2n) is 5.09. The van der Waals surface area contributed by atoms with Crippen LogP contribution in [0.1, 0.15) is 24.1 Å². The van der Waals surface area contributed by atoms with Gasteiger partial charge in [0.05, 0.1) is 6.61 Å². The van der Waals surface area contributed by atoms with E-state index in [1.54, 1.807) is 0 Å². The summed E-state index contributed by atoms with van der Waals surface area (Å²) in [5, 5.41) is 11.0. The van der Waals surface area contributed by atoms with Gasteiger partial charge in [-0.15, -0.1) is 0 Å². The molecule has 96 valence electrons. The minimum atomic E-state index is 0.217. The summed E-state index contributed by atoms with van der Waals surface area (Å²) in [6.07, 6.45) is 1.07. The lowest BCUT2D eigenvalue weighted by atomic mass is 10.0. The Morgan fingerprint density at radius 3 is 3.00 bits per heavy atom. The van der Waals surface area contributed by atoms with E-state index in [0.29, 0.717) is 0 Å². The maximum absolute atomic E-state index is 9.65. The summed E-state index contributed by atoms with van der Waals surface area (Å²) in [5.74, 6) is 0.217. The molecule has 0 bridgehead atoms. The van der Waals surface area contributed by atoms with Crippen molar-refractivity contribution >= 4 is 10.9 Å². The first kappa shape index (κ1) is 11.8. The van der Waals surface area contributed by atoms with E-state index in [0.717, 1.165) is 26.1 Å². The zero-order chi connectivity index (χ0) is 12.5. The lowest BCUT2D eigenvalue weighted by Gasteiger charge is -2.21. The summed E-state index contributed by atoms with van der Waals surface area (Å²) in [7, 11) is 0. The fraction of sp³-hybridized carbons (Fsp3) is 0.467. The third kappa shape index (κ3) is 1.84. The van der Waals surface area contributed by atoms with Crippen molar-refractivity contribution in [2.24, 2.45) is 0 Å². The highest BCUT2D eigenvalue weighted by Crippen LogP contribution is 2.31. The quantitative estimate of drug-likeness (QED) is 0.849. The lowest BCUT2D eigenvalue weighted by molar-refractivity contribution is 0.211. The van der Waals surface area contributed by atoms with Crippen LogP contribution in [0.2, 0.25) is 0 Å². The third-order valence-corrected chi connectivity index (χ3v) is 4.08. The van der Waals surface area contributed by atoms with Gasteiger partial charge in [-0.05, 0) is 24.6 Å². The second kappa shape index (κ2) is 4.75. The van der Waals surface area contributed by atoms with Gasteiger partial charge in [0.15, 0.2) is 0 Å². The fourth-order valence-electron chi connectivity index (χ4n) is 3.04. The molecule has 0 saturated carbocycles. The van der Waals surface area contributed by atoms with Crippen molar-refractivity contribution in [2.45, 2.75) is 19.3 Å². The molecular weight excluding hydrogens is 224 g/mol. The van der Waals surface area contributed by atoms with Gasteiger partial charge in [0.1, 0.15) is 0 Å². The molecule has 2 aromatic rings. The number of benzene rings is 1. The van der Waals surface area contributed by atoms with Gasteiger partial charge in [0, 0.05) is 35.6 Å². The minimum absolute atomic E-state index is 0.217. The third-order valence-electron chi connectivity index (χ3n) is 4.08. The fourth-order valence-corrected chi connectivity index (χ4v) is 3.04. The highest BCUT2D eigenvalue weighted by molar-refractivity contribution is 5.85. The van der Waals surface area contributed by atoms with Crippen molar-refractivity contribution in [1.29, 1.82) is 0 Å². The minimum Gasteiger partial charge on any atom is -0.396 e. The van der Waals surface area contributed by atoms with Gasteiger partial charge in [0.2, 0.25) is 0 Å². The van der Waals surface area contributed by atoms with Gasteiger partial charge in [-0.3, -0.25) is 0 Å². The van der Waals surface area contributed by atoms with E-state index < -0.39 is 0 Å². The maximum atomic E-state index is 9.65. The Balaban J connectivity index is 2.10. The highest BCUT2D eigenvalue weighted by Gasteiger charge is 2.24. The molecule has 0 fully saturated rings. The largest absolute Gasteiger partial charge is 0.396 e. The van der Waals surface area contributed by atoms with E-state index in [4.69, 9.17) is 0 Å². The molecule has 3 rings (SSSR count). The lowest BCUT2D eigenvalue weighted by Crippen LogP contribution is -2.29. The Bertz CT molecular complexity index is 546. The summed E-state index contributed by atoms with van der Waals surface area (Å²) in [5.41, 5.74) is 3.85. The summed E-state index contributed by atoms with van der Waals surface area (Å²) >= 11 is 0. The van der Waals surface area contributed by atoms with Crippen molar-refractivity contribution in [3.63, 3.8) is 0 Å². The summed E-state index contributed by atoms with van der Waals surface area (Å²) < 4.78 is 0. The summed E-state index contributed by atoms with van der Waals surface area (Å²) in [6, 6.07) is 8.45. The van der Waals surface area contributed by atoms with Crippen molar-refractivity contribution in [1.82, 2.24) is 9.88 Å². The number of fused-ring (bicyclic) bond motifs is 3. The number of aliphatic hydroxyl groups is 1. The molecule has 1 aromatic carbocycles. The van der Waals surface area contributed by atoms with E-state index in [2.05, 4.69) is 41.1 Å². The number of hydrogen-bond acceptors (Lipinski definition) is 2. The number of hydrogen-bond donors (Lipinski definition) is 2. The van der Waals surface area contributed by atoms with Crippen molar-refractivity contribution in [2.75, 3.05) is 26.2 Å². The van der Waals surface area contributed by atoms with Crippen LogP contribution in [-0.2, 0) is 6.42 Å². The normalized spacial score (nSPS) is 20.9. The standard InChI is InChI=1S/C15H20N2O/c1-2-17-8-7-13-12-5-3-4-6-14(12)16-15(13)11(9-17)10-18/h3-6,11,16,18H,2,7-10H2,1H3. The van der Waals surface area contributed by atoms with E-state index in [-0.39, 0.29) is 12.5 Å². The van der Waals surface area contributed by atoms with E-state index >= 15 is 0 Å². The molecule has 3 heteroatoms. The van der Waals surface area contributed by atoms with Crippen molar-refractivity contribution < 1.29 is 5.11 Å². The Morgan fingerprint density at radius 2 is 2.22 bits per heavy atom. The number of aromatic amines is 1. The van der Waals surface area contributed by atoms with Crippen molar-refractivity contribution in [3.05, 3.63) is 35.5 Å².